The van der Waals surface area contributed by atoms with Crippen molar-refractivity contribution in [2.75, 3.05) is 26.2 Å². The minimum Gasteiger partial charge on any atom is -0.465 e. The first-order valence-corrected chi connectivity index (χ1v) is 4.97. The summed E-state index contributed by atoms with van der Waals surface area (Å²) < 4.78 is 0. The number of piperidine rings is 3. The highest BCUT2D eigenvalue weighted by atomic mass is 16.4. The summed E-state index contributed by atoms with van der Waals surface area (Å²) in [5.41, 5.74) is 0. The lowest BCUT2D eigenvalue weighted by Gasteiger charge is -2.44. The Hall–Kier alpha value is -0.770. The molecule has 4 heteroatoms. The van der Waals surface area contributed by atoms with Crippen LogP contribution in [-0.2, 0) is 0 Å². The Kier molecular flexibility index (Phi) is 1.39. The Bertz CT molecular complexity index is 256. The van der Waals surface area contributed by atoms with Crippen LogP contribution in [0.2, 0.25) is 0 Å². The molecule has 1 amide bonds. The van der Waals surface area contributed by atoms with Crippen LogP contribution in [0.4, 0.5) is 4.79 Å². The van der Waals surface area contributed by atoms with Gasteiger partial charge in [0.05, 0.1) is 6.04 Å². The second kappa shape index (κ2) is 2.38. The maximum atomic E-state index is 10.9. The van der Waals surface area contributed by atoms with Crippen LogP contribution in [0, 0.1) is 11.8 Å². The maximum Gasteiger partial charge on any atom is 0.407 e. The summed E-state index contributed by atoms with van der Waals surface area (Å²) in [7, 11) is 0. The van der Waals surface area contributed by atoms with Crippen LogP contribution in [0.25, 0.3) is 0 Å². The smallest absolute Gasteiger partial charge is 0.407 e. The normalized spacial score (nSPS) is 46.9. The number of carboxylic acid groups (broad SMARTS) is 1. The molecule has 0 aromatic rings. The van der Waals surface area contributed by atoms with Gasteiger partial charge >= 0.3 is 6.09 Å². The fourth-order valence-corrected chi connectivity index (χ4v) is 3.33. The Labute approximate surface area is 77.1 Å². The first-order chi connectivity index (χ1) is 6.25. The van der Waals surface area contributed by atoms with Gasteiger partial charge in [0.2, 0.25) is 0 Å². The van der Waals surface area contributed by atoms with Crippen molar-refractivity contribution in [3.63, 3.8) is 0 Å². The minimum atomic E-state index is -0.721. The van der Waals surface area contributed by atoms with E-state index in [1.165, 1.54) is 13.0 Å². The zero-order valence-corrected chi connectivity index (χ0v) is 7.52. The van der Waals surface area contributed by atoms with Gasteiger partial charge in [-0.2, -0.15) is 0 Å². The number of likely N-dealkylation sites (tertiary alicyclic amines) is 1. The van der Waals surface area contributed by atoms with Gasteiger partial charge in [-0.05, 0) is 24.8 Å². The summed E-state index contributed by atoms with van der Waals surface area (Å²) in [6, 6.07) is 0.310. The number of fused-ring (bicyclic) bond motifs is 1. The monoisotopic (exact) mass is 182 g/mol. The van der Waals surface area contributed by atoms with Gasteiger partial charge < -0.3 is 14.9 Å². The predicted octanol–water partition coefficient (Wildman–Crippen LogP) is 0.300. The largest absolute Gasteiger partial charge is 0.465 e. The number of amides is 1. The molecule has 4 aliphatic rings. The van der Waals surface area contributed by atoms with E-state index in [0.29, 0.717) is 17.9 Å². The van der Waals surface area contributed by atoms with Gasteiger partial charge in [0, 0.05) is 19.6 Å². The third-order valence-corrected chi connectivity index (χ3v) is 3.89. The van der Waals surface area contributed by atoms with Crippen molar-refractivity contribution in [2.24, 2.45) is 11.8 Å². The highest BCUT2D eigenvalue weighted by Crippen LogP contribution is 2.41. The van der Waals surface area contributed by atoms with Gasteiger partial charge in [-0.25, -0.2) is 4.79 Å². The molecule has 4 fully saturated rings. The van der Waals surface area contributed by atoms with Crippen molar-refractivity contribution in [1.29, 1.82) is 0 Å². The Balaban J connectivity index is 1.89. The van der Waals surface area contributed by atoms with Gasteiger partial charge in [-0.1, -0.05) is 0 Å². The lowest BCUT2D eigenvalue weighted by Crippen LogP contribution is -2.54. The standard InChI is InChI=1S/C9H14N2O2/c12-9(13)11-4-6-3-10-2-1-7(6)8(11)5-10/h6-8H,1-5H2,(H,12,13). The summed E-state index contributed by atoms with van der Waals surface area (Å²) in [6.45, 7) is 4.07. The number of nitrogens with zero attached hydrogens (tertiary/aromatic N) is 2. The Morgan fingerprint density at radius 3 is 2.77 bits per heavy atom. The molecule has 4 nitrogen and oxygen atoms in total. The van der Waals surface area contributed by atoms with Crippen molar-refractivity contribution < 1.29 is 9.90 Å². The van der Waals surface area contributed by atoms with Crippen molar-refractivity contribution in [2.45, 2.75) is 12.5 Å². The number of carbonyl (C=O) groups is 1. The van der Waals surface area contributed by atoms with E-state index in [-0.39, 0.29) is 0 Å². The fourth-order valence-electron chi connectivity index (χ4n) is 3.33. The van der Waals surface area contributed by atoms with Gasteiger partial charge in [0.25, 0.3) is 0 Å². The molecule has 4 aliphatic heterocycles. The molecule has 0 saturated carbocycles. The SMILES string of the molecule is O=C(O)N1CC2CN3CCC2C1C3. The van der Waals surface area contributed by atoms with Crippen LogP contribution in [0.3, 0.4) is 0 Å². The molecule has 0 radical (unpaired) electrons. The molecular weight excluding hydrogens is 168 g/mol. The Morgan fingerprint density at radius 1 is 1.31 bits per heavy atom. The third-order valence-electron chi connectivity index (χ3n) is 3.89. The quantitative estimate of drug-likeness (QED) is 0.586. The second-order valence-corrected chi connectivity index (χ2v) is 4.47. The number of hydrogen-bond donors (Lipinski definition) is 1. The summed E-state index contributed by atoms with van der Waals surface area (Å²) in [5.74, 6) is 1.30. The highest BCUT2D eigenvalue weighted by molar-refractivity contribution is 5.66. The van der Waals surface area contributed by atoms with E-state index in [2.05, 4.69) is 4.90 Å². The van der Waals surface area contributed by atoms with Crippen LogP contribution in [0.1, 0.15) is 6.42 Å². The van der Waals surface area contributed by atoms with Crippen molar-refractivity contribution in [3.05, 3.63) is 0 Å². The van der Waals surface area contributed by atoms with Gasteiger partial charge in [-0.15, -0.1) is 0 Å². The lowest BCUT2D eigenvalue weighted by atomic mass is 9.80. The van der Waals surface area contributed by atoms with E-state index in [1.807, 2.05) is 0 Å². The van der Waals surface area contributed by atoms with E-state index < -0.39 is 6.09 Å². The first-order valence-electron chi connectivity index (χ1n) is 4.97. The van der Waals surface area contributed by atoms with Gasteiger partial charge in [0.1, 0.15) is 0 Å². The van der Waals surface area contributed by atoms with E-state index in [9.17, 15) is 4.79 Å². The van der Waals surface area contributed by atoms with Gasteiger partial charge in [0.15, 0.2) is 0 Å². The molecule has 4 atom stereocenters. The predicted molar refractivity (Wildman–Crippen MR) is 46.6 cm³/mol. The van der Waals surface area contributed by atoms with Crippen LogP contribution in [0.5, 0.6) is 0 Å². The molecule has 4 rings (SSSR count). The molecule has 13 heavy (non-hydrogen) atoms. The maximum absolute atomic E-state index is 10.9. The lowest BCUT2D eigenvalue weighted by molar-refractivity contribution is 0.0491. The third kappa shape index (κ3) is 0.921. The van der Waals surface area contributed by atoms with Crippen molar-refractivity contribution in [3.8, 4) is 0 Å². The molecule has 0 aromatic heterocycles. The summed E-state index contributed by atoms with van der Waals surface area (Å²) in [4.78, 5) is 15.0. The number of rotatable bonds is 0. The zero-order valence-electron chi connectivity index (χ0n) is 7.52. The molecule has 4 unspecified atom stereocenters. The zero-order chi connectivity index (χ0) is 9.00. The fraction of sp³-hybridized carbons (Fsp3) is 0.889. The summed E-state index contributed by atoms with van der Waals surface area (Å²) in [5, 5.41) is 9.00. The molecule has 4 saturated heterocycles. The average molecular weight is 182 g/mol. The first kappa shape index (κ1) is 7.62. The van der Waals surface area contributed by atoms with E-state index in [0.717, 1.165) is 19.6 Å². The van der Waals surface area contributed by atoms with Crippen molar-refractivity contribution in [1.82, 2.24) is 9.80 Å². The Morgan fingerprint density at radius 2 is 2.15 bits per heavy atom. The molecule has 1 N–H and O–H groups in total. The van der Waals surface area contributed by atoms with E-state index in [1.54, 1.807) is 4.90 Å². The second-order valence-electron chi connectivity index (χ2n) is 4.47. The molecule has 72 valence electrons. The van der Waals surface area contributed by atoms with Gasteiger partial charge in [-0.3, -0.25) is 0 Å². The molecule has 4 bridgehead atoms. The minimum absolute atomic E-state index is 0.310. The molecule has 4 heterocycles. The van der Waals surface area contributed by atoms with E-state index in [4.69, 9.17) is 5.11 Å². The van der Waals surface area contributed by atoms with Crippen LogP contribution in [0.15, 0.2) is 0 Å². The van der Waals surface area contributed by atoms with Crippen LogP contribution in [-0.4, -0.2) is 53.2 Å². The molecule has 0 aromatic carbocycles. The number of hydrogen-bond acceptors (Lipinski definition) is 2. The van der Waals surface area contributed by atoms with Crippen LogP contribution < -0.4 is 0 Å². The molecule has 0 aliphatic carbocycles. The molecule has 0 spiro atoms. The summed E-state index contributed by atoms with van der Waals surface area (Å²) in [6.07, 6.45) is 0.486. The average Bonchev–Trinajstić information content (AvgIpc) is 2.39. The highest BCUT2D eigenvalue weighted by Gasteiger charge is 2.50. The summed E-state index contributed by atoms with van der Waals surface area (Å²) >= 11 is 0. The van der Waals surface area contributed by atoms with E-state index >= 15 is 0 Å². The van der Waals surface area contributed by atoms with Crippen LogP contribution >= 0.6 is 0 Å². The van der Waals surface area contributed by atoms with Crippen molar-refractivity contribution >= 4 is 6.09 Å². The molecular formula is C9H14N2O2. The topological polar surface area (TPSA) is 43.8 Å².